The van der Waals surface area contributed by atoms with Crippen molar-refractivity contribution in [2.75, 3.05) is 26.2 Å². The SMILES string of the molecule is CC(C)c1nccc(CN2CCN(C(=O)c3cccs3)CC2)n1. The van der Waals surface area contributed by atoms with Crippen LogP contribution in [0.5, 0.6) is 0 Å². The molecule has 0 atom stereocenters. The van der Waals surface area contributed by atoms with Crippen molar-refractivity contribution in [3.05, 3.63) is 46.2 Å². The first-order valence-electron chi connectivity index (χ1n) is 8.00. The first-order chi connectivity index (χ1) is 11.1. The summed E-state index contributed by atoms with van der Waals surface area (Å²) in [4.78, 5) is 26.4. The Labute approximate surface area is 141 Å². The van der Waals surface area contributed by atoms with Crippen LogP contribution in [0.25, 0.3) is 0 Å². The first kappa shape index (κ1) is 16.1. The summed E-state index contributed by atoms with van der Waals surface area (Å²) >= 11 is 1.51. The molecule has 3 rings (SSSR count). The lowest BCUT2D eigenvalue weighted by Crippen LogP contribution is -2.48. The van der Waals surface area contributed by atoms with Crippen LogP contribution in [-0.2, 0) is 6.54 Å². The van der Waals surface area contributed by atoms with E-state index in [2.05, 4.69) is 28.7 Å². The van der Waals surface area contributed by atoms with Crippen LogP contribution in [0.3, 0.4) is 0 Å². The van der Waals surface area contributed by atoms with Crippen LogP contribution in [0, 0.1) is 0 Å². The smallest absolute Gasteiger partial charge is 0.264 e. The monoisotopic (exact) mass is 330 g/mol. The Morgan fingerprint density at radius 2 is 2.04 bits per heavy atom. The van der Waals surface area contributed by atoms with Crippen molar-refractivity contribution in [2.24, 2.45) is 0 Å². The molecule has 0 N–H and O–H groups in total. The number of carbonyl (C=O) groups is 1. The van der Waals surface area contributed by atoms with Gasteiger partial charge >= 0.3 is 0 Å². The summed E-state index contributed by atoms with van der Waals surface area (Å²) in [6.07, 6.45) is 1.84. The van der Waals surface area contributed by atoms with Crippen LogP contribution in [-0.4, -0.2) is 51.9 Å². The minimum Gasteiger partial charge on any atom is -0.335 e. The highest BCUT2D eigenvalue weighted by molar-refractivity contribution is 7.12. The number of amides is 1. The Bertz CT molecular complexity index is 648. The van der Waals surface area contributed by atoms with Gasteiger partial charge in [0.1, 0.15) is 5.82 Å². The summed E-state index contributed by atoms with van der Waals surface area (Å²) in [6.45, 7) is 8.36. The topological polar surface area (TPSA) is 49.3 Å². The highest BCUT2D eigenvalue weighted by Crippen LogP contribution is 2.15. The summed E-state index contributed by atoms with van der Waals surface area (Å²) in [6, 6.07) is 5.80. The average Bonchev–Trinajstić information content (AvgIpc) is 3.09. The van der Waals surface area contributed by atoms with Crippen LogP contribution in [0.1, 0.15) is 41.0 Å². The Kier molecular flexibility index (Phi) is 5.03. The van der Waals surface area contributed by atoms with E-state index in [9.17, 15) is 4.79 Å². The maximum absolute atomic E-state index is 12.3. The van der Waals surface area contributed by atoms with Crippen molar-refractivity contribution in [3.8, 4) is 0 Å². The van der Waals surface area contributed by atoms with Gasteiger partial charge in [-0.25, -0.2) is 9.97 Å². The third-order valence-corrected chi connectivity index (χ3v) is 4.88. The molecule has 0 spiro atoms. The molecule has 2 aromatic heterocycles. The fourth-order valence-corrected chi connectivity index (χ4v) is 3.36. The van der Waals surface area contributed by atoms with E-state index < -0.39 is 0 Å². The number of piperazine rings is 1. The lowest BCUT2D eigenvalue weighted by atomic mass is 10.2. The number of hydrogen-bond acceptors (Lipinski definition) is 5. The molecule has 0 unspecified atom stereocenters. The van der Waals surface area contributed by atoms with Gasteiger partial charge in [0.05, 0.1) is 10.6 Å². The van der Waals surface area contributed by atoms with Crippen molar-refractivity contribution in [1.29, 1.82) is 0 Å². The summed E-state index contributed by atoms with van der Waals surface area (Å²) in [7, 11) is 0. The lowest BCUT2D eigenvalue weighted by molar-refractivity contribution is 0.0631. The molecule has 1 amide bonds. The van der Waals surface area contributed by atoms with Crippen molar-refractivity contribution >= 4 is 17.2 Å². The molecule has 6 heteroatoms. The van der Waals surface area contributed by atoms with Gasteiger partial charge in [-0.05, 0) is 17.5 Å². The van der Waals surface area contributed by atoms with Crippen molar-refractivity contribution in [3.63, 3.8) is 0 Å². The predicted octanol–water partition coefficient (Wildman–Crippen LogP) is 2.62. The highest BCUT2D eigenvalue weighted by Gasteiger charge is 2.22. The summed E-state index contributed by atoms with van der Waals surface area (Å²) < 4.78 is 0. The van der Waals surface area contributed by atoms with Gasteiger partial charge in [-0.1, -0.05) is 19.9 Å². The van der Waals surface area contributed by atoms with Crippen LogP contribution in [0.15, 0.2) is 29.8 Å². The number of rotatable bonds is 4. The maximum atomic E-state index is 12.3. The predicted molar refractivity (Wildman–Crippen MR) is 91.6 cm³/mol. The number of nitrogens with zero attached hydrogens (tertiary/aromatic N) is 4. The molecule has 1 saturated heterocycles. The van der Waals surface area contributed by atoms with Crippen molar-refractivity contribution in [1.82, 2.24) is 19.8 Å². The van der Waals surface area contributed by atoms with Gasteiger partial charge in [0.15, 0.2) is 0 Å². The number of hydrogen-bond donors (Lipinski definition) is 0. The van der Waals surface area contributed by atoms with E-state index in [-0.39, 0.29) is 5.91 Å². The van der Waals surface area contributed by atoms with E-state index in [4.69, 9.17) is 0 Å². The molecular weight excluding hydrogens is 308 g/mol. The number of aromatic nitrogens is 2. The normalized spacial score (nSPS) is 16.0. The Hall–Kier alpha value is -1.79. The average molecular weight is 330 g/mol. The van der Waals surface area contributed by atoms with Gasteiger partial charge in [-0.3, -0.25) is 9.69 Å². The molecule has 3 heterocycles. The van der Waals surface area contributed by atoms with Crippen LogP contribution in [0.2, 0.25) is 0 Å². The molecule has 122 valence electrons. The lowest BCUT2D eigenvalue weighted by Gasteiger charge is -2.34. The van der Waals surface area contributed by atoms with E-state index in [1.54, 1.807) is 0 Å². The van der Waals surface area contributed by atoms with Gasteiger partial charge < -0.3 is 4.90 Å². The van der Waals surface area contributed by atoms with E-state index >= 15 is 0 Å². The van der Waals surface area contributed by atoms with Gasteiger partial charge in [0.25, 0.3) is 5.91 Å². The molecule has 0 radical (unpaired) electrons. The minimum absolute atomic E-state index is 0.156. The largest absolute Gasteiger partial charge is 0.335 e. The van der Waals surface area contributed by atoms with Gasteiger partial charge in [-0.2, -0.15) is 0 Å². The quantitative estimate of drug-likeness (QED) is 0.865. The molecular formula is C17H22N4OS. The number of thiophene rings is 1. The minimum atomic E-state index is 0.156. The Balaban J connectivity index is 1.55. The molecule has 0 bridgehead atoms. The summed E-state index contributed by atoms with van der Waals surface area (Å²) in [5.41, 5.74) is 1.06. The van der Waals surface area contributed by atoms with E-state index in [0.29, 0.717) is 5.92 Å². The molecule has 23 heavy (non-hydrogen) atoms. The zero-order valence-corrected chi connectivity index (χ0v) is 14.4. The van der Waals surface area contributed by atoms with Crippen molar-refractivity contribution in [2.45, 2.75) is 26.3 Å². The molecule has 0 aliphatic carbocycles. The second-order valence-electron chi connectivity index (χ2n) is 6.11. The van der Waals surface area contributed by atoms with E-state index in [1.807, 2.05) is 34.7 Å². The second kappa shape index (κ2) is 7.19. The Morgan fingerprint density at radius 3 is 2.70 bits per heavy atom. The molecule has 2 aromatic rings. The molecule has 0 saturated carbocycles. The zero-order chi connectivity index (χ0) is 16.2. The molecule has 0 aromatic carbocycles. The van der Waals surface area contributed by atoms with Crippen LogP contribution >= 0.6 is 11.3 Å². The van der Waals surface area contributed by atoms with E-state index in [1.165, 1.54) is 11.3 Å². The summed E-state index contributed by atoms with van der Waals surface area (Å²) in [5, 5.41) is 1.95. The summed E-state index contributed by atoms with van der Waals surface area (Å²) in [5.74, 6) is 1.40. The van der Waals surface area contributed by atoms with Gasteiger partial charge in [0, 0.05) is 44.8 Å². The molecule has 5 nitrogen and oxygen atoms in total. The van der Waals surface area contributed by atoms with Gasteiger partial charge in [-0.15, -0.1) is 11.3 Å². The molecule has 1 aliphatic rings. The third kappa shape index (κ3) is 3.95. The number of carbonyl (C=O) groups excluding carboxylic acids is 1. The van der Waals surface area contributed by atoms with Gasteiger partial charge in [0.2, 0.25) is 0 Å². The van der Waals surface area contributed by atoms with Crippen molar-refractivity contribution < 1.29 is 4.79 Å². The van der Waals surface area contributed by atoms with E-state index in [0.717, 1.165) is 49.1 Å². The first-order valence-corrected chi connectivity index (χ1v) is 8.88. The standard InChI is InChI=1S/C17H22N4OS/c1-13(2)16-18-6-5-14(19-16)12-20-7-9-21(10-8-20)17(22)15-4-3-11-23-15/h3-6,11,13H,7-10,12H2,1-2H3. The Morgan fingerprint density at radius 1 is 1.26 bits per heavy atom. The molecule has 1 fully saturated rings. The van der Waals surface area contributed by atoms with Crippen LogP contribution in [0.4, 0.5) is 0 Å². The van der Waals surface area contributed by atoms with Crippen LogP contribution < -0.4 is 0 Å². The maximum Gasteiger partial charge on any atom is 0.264 e. The fourth-order valence-electron chi connectivity index (χ4n) is 2.67. The fraction of sp³-hybridized carbons (Fsp3) is 0.471. The second-order valence-corrected chi connectivity index (χ2v) is 7.05. The zero-order valence-electron chi connectivity index (χ0n) is 13.6. The third-order valence-electron chi connectivity index (χ3n) is 4.03. The highest BCUT2D eigenvalue weighted by atomic mass is 32.1. The molecule has 1 aliphatic heterocycles.